The molecule has 0 radical (unpaired) electrons. The van der Waals surface area contributed by atoms with Crippen LogP contribution in [0.15, 0.2) is 30.5 Å². The van der Waals surface area contributed by atoms with Gasteiger partial charge in [-0.2, -0.15) is 5.10 Å². The highest BCUT2D eigenvalue weighted by atomic mass is 16.3. The van der Waals surface area contributed by atoms with Crippen LogP contribution < -0.4 is 5.32 Å². The highest BCUT2D eigenvalue weighted by molar-refractivity contribution is 5.95. The van der Waals surface area contributed by atoms with E-state index in [0.29, 0.717) is 18.0 Å². The molecule has 124 valence electrons. The average Bonchev–Trinajstić information content (AvgIpc) is 2.91. The SMILES string of the molecule is Cc1c(C(=O)NCc2ccccc2CO)cnn1CCC(C)C. The van der Waals surface area contributed by atoms with E-state index < -0.39 is 0 Å². The van der Waals surface area contributed by atoms with Gasteiger partial charge in [-0.25, -0.2) is 0 Å². The summed E-state index contributed by atoms with van der Waals surface area (Å²) in [6.07, 6.45) is 2.66. The Morgan fingerprint density at radius 2 is 2.00 bits per heavy atom. The van der Waals surface area contributed by atoms with Crippen molar-refractivity contribution in [3.63, 3.8) is 0 Å². The van der Waals surface area contributed by atoms with Crippen LogP contribution in [-0.4, -0.2) is 20.8 Å². The Kier molecular flexibility index (Phi) is 5.93. The Morgan fingerprint density at radius 1 is 1.30 bits per heavy atom. The fraction of sp³-hybridized carbons (Fsp3) is 0.444. The zero-order valence-electron chi connectivity index (χ0n) is 14.0. The minimum atomic E-state index is -0.133. The molecule has 2 N–H and O–H groups in total. The molecule has 0 atom stereocenters. The predicted molar refractivity (Wildman–Crippen MR) is 90.0 cm³/mol. The first-order valence-corrected chi connectivity index (χ1v) is 8.01. The van der Waals surface area contributed by atoms with Crippen molar-refractivity contribution >= 4 is 5.91 Å². The average molecular weight is 315 g/mol. The van der Waals surface area contributed by atoms with Gasteiger partial charge in [0.1, 0.15) is 0 Å². The molecule has 1 aromatic heterocycles. The molecule has 23 heavy (non-hydrogen) atoms. The molecule has 2 rings (SSSR count). The molecule has 2 aromatic rings. The fourth-order valence-corrected chi connectivity index (χ4v) is 2.43. The lowest BCUT2D eigenvalue weighted by Gasteiger charge is -2.10. The molecule has 1 amide bonds. The van der Waals surface area contributed by atoms with Gasteiger partial charge in [0.15, 0.2) is 0 Å². The van der Waals surface area contributed by atoms with Crippen molar-refractivity contribution in [3.05, 3.63) is 52.8 Å². The number of hydrogen-bond donors (Lipinski definition) is 2. The maximum absolute atomic E-state index is 12.4. The van der Waals surface area contributed by atoms with Crippen molar-refractivity contribution in [2.75, 3.05) is 0 Å². The van der Waals surface area contributed by atoms with Crippen LogP contribution in [0.1, 0.15) is 47.4 Å². The van der Waals surface area contributed by atoms with Crippen LogP contribution in [-0.2, 0) is 19.7 Å². The van der Waals surface area contributed by atoms with Crippen molar-refractivity contribution in [2.24, 2.45) is 5.92 Å². The Morgan fingerprint density at radius 3 is 2.65 bits per heavy atom. The lowest BCUT2D eigenvalue weighted by Crippen LogP contribution is -2.24. The number of carbonyl (C=O) groups excluding carboxylic acids is 1. The largest absolute Gasteiger partial charge is 0.392 e. The van der Waals surface area contributed by atoms with E-state index >= 15 is 0 Å². The van der Waals surface area contributed by atoms with Gasteiger partial charge in [-0.1, -0.05) is 38.1 Å². The summed E-state index contributed by atoms with van der Waals surface area (Å²) in [5.74, 6) is 0.469. The van der Waals surface area contributed by atoms with E-state index in [-0.39, 0.29) is 12.5 Å². The number of amides is 1. The van der Waals surface area contributed by atoms with E-state index in [1.165, 1.54) is 0 Å². The molecular formula is C18H25N3O2. The molecule has 0 saturated heterocycles. The fourth-order valence-electron chi connectivity index (χ4n) is 2.43. The van der Waals surface area contributed by atoms with E-state index in [2.05, 4.69) is 24.3 Å². The number of nitrogens with one attached hydrogen (secondary N) is 1. The van der Waals surface area contributed by atoms with Gasteiger partial charge in [0.2, 0.25) is 0 Å². The summed E-state index contributed by atoms with van der Waals surface area (Å²) in [6, 6.07) is 7.54. The number of aliphatic hydroxyl groups is 1. The summed E-state index contributed by atoms with van der Waals surface area (Å²) in [5.41, 5.74) is 3.25. The Hall–Kier alpha value is -2.14. The lowest BCUT2D eigenvalue weighted by atomic mass is 10.1. The monoisotopic (exact) mass is 315 g/mol. The second-order valence-electron chi connectivity index (χ2n) is 6.16. The third-order valence-corrected chi connectivity index (χ3v) is 3.99. The molecule has 5 nitrogen and oxygen atoms in total. The van der Waals surface area contributed by atoms with Gasteiger partial charge in [0.25, 0.3) is 5.91 Å². The standard InChI is InChI=1S/C18H25N3O2/c1-13(2)8-9-21-14(3)17(11-20-21)18(23)19-10-15-6-4-5-7-16(15)12-22/h4-7,11,13,22H,8-10,12H2,1-3H3,(H,19,23). The van der Waals surface area contributed by atoms with Crippen LogP contribution >= 0.6 is 0 Å². The first kappa shape index (κ1) is 17.2. The zero-order chi connectivity index (χ0) is 16.8. The zero-order valence-corrected chi connectivity index (χ0v) is 14.0. The number of benzene rings is 1. The van der Waals surface area contributed by atoms with Gasteiger partial charge < -0.3 is 10.4 Å². The Bertz CT molecular complexity index is 662. The summed E-state index contributed by atoms with van der Waals surface area (Å²) in [5, 5.41) is 16.5. The van der Waals surface area contributed by atoms with Crippen LogP contribution in [0.3, 0.4) is 0 Å². The molecule has 1 aromatic carbocycles. The third kappa shape index (κ3) is 4.42. The first-order chi connectivity index (χ1) is 11.0. The van der Waals surface area contributed by atoms with E-state index in [1.54, 1.807) is 6.20 Å². The molecule has 0 aliphatic rings. The summed E-state index contributed by atoms with van der Waals surface area (Å²) in [6.45, 7) is 7.45. The van der Waals surface area contributed by atoms with E-state index in [4.69, 9.17) is 0 Å². The van der Waals surface area contributed by atoms with Crippen molar-refractivity contribution in [1.82, 2.24) is 15.1 Å². The van der Waals surface area contributed by atoms with Gasteiger partial charge in [-0.3, -0.25) is 9.48 Å². The number of hydrogen-bond acceptors (Lipinski definition) is 3. The number of carbonyl (C=O) groups is 1. The van der Waals surface area contributed by atoms with Gasteiger partial charge in [0, 0.05) is 18.8 Å². The molecular weight excluding hydrogens is 290 g/mol. The summed E-state index contributed by atoms with van der Waals surface area (Å²) >= 11 is 0. The molecule has 1 heterocycles. The van der Waals surface area contributed by atoms with Gasteiger partial charge >= 0.3 is 0 Å². The van der Waals surface area contributed by atoms with Crippen LogP contribution in [0.2, 0.25) is 0 Å². The first-order valence-electron chi connectivity index (χ1n) is 8.01. The maximum Gasteiger partial charge on any atom is 0.255 e. The van der Waals surface area contributed by atoms with Crippen molar-refractivity contribution < 1.29 is 9.90 Å². The lowest BCUT2D eigenvalue weighted by molar-refractivity contribution is 0.0950. The van der Waals surface area contributed by atoms with Crippen molar-refractivity contribution in [1.29, 1.82) is 0 Å². The second-order valence-corrected chi connectivity index (χ2v) is 6.16. The summed E-state index contributed by atoms with van der Waals surface area (Å²) < 4.78 is 1.89. The second kappa shape index (κ2) is 7.92. The maximum atomic E-state index is 12.4. The number of rotatable bonds is 7. The van der Waals surface area contributed by atoms with E-state index in [0.717, 1.165) is 29.8 Å². The highest BCUT2D eigenvalue weighted by Gasteiger charge is 2.14. The highest BCUT2D eigenvalue weighted by Crippen LogP contribution is 2.12. The molecule has 0 aliphatic carbocycles. The van der Waals surface area contributed by atoms with E-state index in [1.807, 2.05) is 35.9 Å². The van der Waals surface area contributed by atoms with Gasteiger partial charge in [-0.05, 0) is 30.4 Å². The summed E-state index contributed by atoms with van der Waals surface area (Å²) in [4.78, 5) is 12.4. The van der Waals surface area contributed by atoms with Crippen molar-refractivity contribution in [3.8, 4) is 0 Å². The predicted octanol–water partition coefficient (Wildman–Crippen LogP) is 2.66. The number of aryl methyl sites for hydroxylation is 1. The molecule has 0 saturated carbocycles. The topological polar surface area (TPSA) is 67.2 Å². The minimum Gasteiger partial charge on any atom is -0.392 e. The molecule has 0 fully saturated rings. The molecule has 0 unspecified atom stereocenters. The van der Waals surface area contributed by atoms with Crippen LogP contribution in [0, 0.1) is 12.8 Å². The van der Waals surface area contributed by atoms with Gasteiger partial charge in [-0.15, -0.1) is 0 Å². The van der Waals surface area contributed by atoms with Crippen LogP contribution in [0.4, 0.5) is 0 Å². The minimum absolute atomic E-state index is 0.0296. The van der Waals surface area contributed by atoms with E-state index in [9.17, 15) is 9.90 Å². The Balaban J connectivity index is 2.01. The number of aromatic nitrogens is 2. The summed E-state index contributed by atoms with van der Waals surface area (Å²) in [7, 11) is 0. The molecule has 0 spiro atoms. The van der Waals surface area contributed by atoms with Crippen LogP contribution in [0.5, 0.6) is 0 Å². The van der Waals surface area contributed by atoms with Crippen molar-refractivity contribution in [2.45, 2.75) is 46.9 Å². The molecule has 0 aliphatic heterocycles. The number of nitrogens with zero attached hydrogens (tertiary/aromatic N) is 2. The normalized spacial score (nSPS) is 11.0. The quantitative estimate of drug-likeness (QED) is 0.825. The number of aliphatic hydroxyl groups excluding tert-OH is 1. The van der Waals surface area contributed by atoms with Crippen LogP contribution in [0.25, 0.3) is 0 Å². The molecule has 5 heteroatoms. The molecule has 0 bridgehead atoms. The Labute approximate surface area is 137 Å². The third-order valence-electron chi connectivity index (χ3n) is 3.99. The smallest absolute Gasteiger partial charge is 0.255 e. The van der Waals surface area contributed by atoms with Gasteiger partial charge in [0.05, 0.1) is 18.4 Å².